The molecule has 2 aliphatic heterocycles. The molecule has 2 fully saturated rings. The monoisotopic (exact) mass is 216 g/mol. The molecule has 1 spiro atoms. The molecule has 44 valence electrons. The van der Waals surface area contributed by atoms with E-state index in [1.165, 1.54) is 0 Å². The van der Waals surface area contributed by atoms with Crippen LogP contribution in [0.3, 0.4) is 0 Å². The molecule has 0 aromatic carbocycles. The summed E-state index contributed by atoms with van der Waals surface area (Å²) < 4.78 is 17.0. The maximum absolute atomic E-state index is 4.25. The van der Waals surface area contributed by atoms with Gasteiger partial charge in [-0.15, -0.1) is 0 Å². The van der Waals surface area contributed by atoms with Crippen molar-refractivity contribution < 1.29 is 32.0 Å². The molecule has 0 unspecified atom stereocenters. The maximum atomic E-state index is 4.25. The molecule has 2 rings (SSSR count). The quantitative estimate of drug-likeness (QED) is 0.236. The summed E-state index contributed by atoms with van der Waals surface area (Å²) in [5.41, 5.74) is 0. The average Bonchev–Trinajstić information content (AvgIpc) is 2.17. The molecular weight excluding hydrogens is 209 g/mol. The van der Waals surface area contributed by atoms with Crippen LogP contribution in [-0.4, -0.2) is 92.2 Å². The van der Waals surface area contributed by atoms with Gasteiger partial charge >= 0.3 is 124 Å². The fourth-order valence-corrected chi connectivity index (χ4v) is 1.39. The molecule has 0 aliphatic carbocycles. The fourth-order valence-electron chi connectivity index (χ4n) is 0.124. The molecule has 0 amide bonds. The first-order chi connectivity index (χ1) is 2.41. The second kappa shape index (κ2) is 7.06. The van der Waals surface area contributed by atoms with Gasteiger partial charge in [0.1, 0.15) is 0 Å². The van der Waals surface area contributed by atoms with Gasteiger partial charge in [0, 0.05) is 0 Å². The molecular formula is H8Mg4O4Ti. The minimum atomic E-state index is -2.50. The molecule has 0 N–H and O–H groups in total. The van der Waals surface area contributed by atoms with Gasteiger partial charge in [-0.3, -0.25) is 0 Å². The Balaban J connectivity index is -0.0000000900. The minimum absolute atomic E-state index is 0. The van der Waals surface area contributed by atoms with E-state index < -0.39 is 18.1 Å². The molecule has 4 nitrogen and oxygen atoms in total. The van der Waals surface area contributed by atoms with E-state index in [0.29, 0.717) is 0 Å². The summed E-state index contributed by atoms with van der Waals surface area (Å²) in [4.78, 5) is 0. The average molecular weight is 217 g/mol. The van der Waals surface area contributed by atoms with E-state index in [0.717, 1.165) is 0 Å². The van der Waals surface area contributed by atoms with Crippen LogP contribution in [0.5, 0.6) is 0 Å². The summed E-state index contributed by atoms with van der Waals surface area (Å²) in [6.07, 6.45) is 0. The summed E-state index contributed by atoms with van der Waals surface area (Å²) >= 11 is -2.50. The van der Waals surface area contributed by atoms with Crippen LogP contribution in [0, 0.1) is 0 Å². The Hall–Kier alpha value is 3.62. The third-order valence-corrected chi connectivity index (χ3v) is 1.81. The van der Waals surface area contributed by atoms with Gasteiger partial charge < -0.3 is 0 Å². The van der Waals surface area contributed by atoms with Crippen molar-refractivity contribution in [3.05, 3.63) is 0 Å². The van der Waals surface area contributed by atoms with Gasteiger partial charge in [-0.25, -0.2) is 0 Å². The molecule has 0 atom stereocenters. The predicted octanol–water partition coefficient (Wildman–Crippen LogP) is -3.94. The van der Waals surface area contributed by atoms with Crippen molar-refractivity contribution in [1.82, 2.24) is 0 Å². The first-order valence-electron chi connectivity index (χ1n) is 1.15. The molecule has 0 aromatic rings. The zero-order chi connectivity index (χ0) is 3.33. The third kappa shape index (κ3) is 5.80. The van der Waals surface area contributed by atoms with Crippen LogP contribution in [0.1, 0.15) is 0 Å². The Morgan fingerprint density at radius 2 is 0.778 bits per heavy atom. The van der Waals surface area contributed by atoms with Gasteiger partial charge in [-0.2, -0.15) is 0 Å². The first-order valence-corrected chi connectivity index (χ1v) is 3.70. The van der Waals surface area contributed by atoms with Gasteiger partial charge in [-0.1, -0.05) is 0 Å². The van der Waals surface area contributed by atoms with E-state index in [9.17, 15) is 0 Å². The summed E-state index contributed by atoms with van der Waals surface area (Å²) in [6.45, 7) is 0. The number of hydrogen-bond acceptors (Lipinski definition) is 4. The van der Waals surface area contributed by atoms with Gasteiger partial charge in [0.05, 0.1) is 0 Å². The van der Waals surface area contributed by atoms with Crippen molar-refractivity contribution in [1.29, 1.82) is 0 Å². The molecule has 0 radical (unpaired) electrons. The van der Waals surface area contributed by atoms with Crippen LogP contribution < -0.4 is 0 Å². The van der Waals surface area contributed by atoms with Gasteiger partial charge in [0.25, 0.3) is 0 Å². The van der Waals surface area contributed by atoms with Crippen molar-refractivity contribution in [3.8, 4) is 0 Å². The summed E-state index contributed by atoms with van der Waals surface area (Å²) in [5, 5.41) is 0. The summed E-state index contributed by atoms with van der Waals surface area (Å²) in [5.74, 6) is 0. The third-order valence-electron chi connectivity index (χ3n) is 0.439. The van der Waals surface area contributed by atoms with E-state index in [1.807, 2.05) is 0 Å². The van der Waals surface area contributed by atoms with E-state index in [2.05, 4.69) is 13.9 Å². The molecule has 2 saturated heterocycles. The Morgan fingerprint density at radius 3 is 0.778 bits per heavy atom. The molecule has 0 bridgehead atoms. The summed E-state index contributed by atoms with van der Waals surface area (Å²) in [7, 11) is 0. The van der Waals surface area contributed by atoms with Crippen LogP contribution in [0.25, 0.3) is 0 Å². The van der Waals surface area contributed by atoms with Crippen LogP contribution in [0.2, 0.25) is 0 Å². The zero-order valence-electron chi connectivity index (χ0n) is 2.13. The fraction of sp³-hybridized carbons (Fsp3) is 0. The second-order valence-corrected chi connectivity index (χ2v) is 3.44. The Kier molecular flexibility index (Phi) is 14.5. The number of rotatable bonds is 0. The van der Waals surface area contributed by atoms with Crippen molar-refractivity contribution in [2.45, 2.75) is 0 Å². The van der Waals surface area contributed by atoms with E-state index in [-0.39, 0.29) is 92.2 Å². The molecule has 9 heteroatoms. The number of hydrogen-bond donors (Lipinski definition) is 0. The van der Waals surface area contributed by atoms with E-state index >= 15 is 0 Å². The Morgan fingerprint density at radius 1 is 0.556 bits per heavy atom. The van der Waals surface area contributed by atoms with Crippen molar-refractivity contribution in [3.63, 3.8) is 0 Å². The molecule has 0 aromatic heterocycles. The van der Waals surface area contributed by atoms with Crippen LogP contribution in [0.15, 0.2) is 0 Å². The van der Waals surface area contributed by atoms with Gasteiger partial charge in [0.2, 0.25) is 0 Å². The van der Waals surface area contributed by atoms with E-state index in [1.54, 1.807) is 0 Å². The topological polar surface area (TPSA) is 50.1 Å². The SMILES string of the molecule is [MgH2].[MgH2].[MgH2].[MgH2].[O]1[O][Ti]12[O][O]2. The van der Waals surface area contributed by atoms with Crippen LogP contribution >= 0.6 is 0 Å². The summed E-state index contributed by atoms with van der Waals surface area (Å²) in [6, 6.07) is 0. The van der Waals surface area contributed by atoms with Crippen LogP contribution in [-0.2, 0) is 32.0 Å². The second-order valence-electron chi connectivity index (χ2n) is 0.833. The zero-order valence-corrected chi connectivity index (χ0v) is 3.69. The Bertz CT molecular complexity index is 55.5. The molecule has 2 aliphatic rings. The van der Waals surface area contributed by atoms with Gasteiger partial charge in [-0.05, 0) is 0 Å². The molecule has 9 heavy (non-hydrogen) atoms. The molecule has 2 heterocycles. The normalized spacial score (nSPS) is 21.3. The van der Waals surface area contributed by atoms with Crippen LogP contribution in [0.4, 0.5) is 0 Å². The predicted molar refractivity (Wildman–Crippen MR) is 38.5 cm³/mol. The van der Waals surface area contributed by atoms with Gasteiger partial charge in [0.15, 0.2) is 0 Å². The van der Waals surface area contributed by atoms with E-state index in [4.69, 9.17) is 0 Å². The molecule has 0 saturated carbocycles. The van der Waals surface area contributed by atoms with Crippen molar-refractivity contribution in [2.24, 2.45) is 0 Å². The van der Waals surface area contributed by atoms with Crippen molar-refractivity contribution in [2.75, 3.05) is 0 Å². The van der Waals surface area contributed by atoms with Crippen molar-refractivity contribution >= 4 is 92.2 Å². The Labute approximate surface area is 122 Å². The first kappa shape index (κ1) is 18.4. The standard InChI is InChI=1S/4Mg.2O2.Ti.8H/c;;;;2*1-2;;;;;;;;;/q;;;;2*-2;+4;;;;;;;;.